The molecule has 1 saturated heterocycles. The zero-order valence-electron chi connectivity index (χ0n) is 11.1. The van der Waals surface area contributed by atoms with Gasteiger partial charge in [-0.1, -0.05) is 30.3 Å². The number of carbonyl (C=O) groups is 2. The van der Waals surface area contributed by atoms with Gasteiger partial charge in [0.2, 0.25) is 11.8 Å². The highest BCUT2D eigenvalue weighted by molar-refractivity contribution is 5.85. The largest absolute Gasteiger partial charge is 0.354 e. The minimum absolute atomic E-state index is 0.0473. The molecule has 0 atom stereocenters. The molecule has 0 unspecified atom stereocenters. The molecule has 102 valence electrons. The van der Waals surface area contributed by atoms with Crippen molar-refractivity contribution in [3.05, 3.63) is 35.9 Å². The standard InChI is InChI=1S/C15H20N2O2/c18-14-12-17(11-5-10-16-14)15(19)9-4-8-13-6-2-1-3-7-13/h1-3,6-7H,4-5,8-12H2,(H,16,18). The molecule has 4 heteroatoms. The average Bonchev–Trinajstić information content (AvgIpc) is 2.64. The first kappa shape index (κ1) is 13.6. The van der Waals surface area contributed by atoms with Gasteiger partial charge in [0.25, 0.3) is 0 Å². The molecular formula is C15H20N2O2. The van der Waals surface area contributed by atoms with Gasteiger partial charge in [-0.2, -0.15) is 0 Å². The Hall–Kier alpha value is -1.84. The second-order valence-corrected chi connectivity index (χ2v) is 4.86. The van der Waals surface area contributed by atoms with E-state index in [1.165, 1.54) is 5.56 Å². The zero-order valence-corrected chi connectivity index (χ0v) is 11.1. The first-order valence-corrected chi connectivity index (χ1v) is 6.84. The predicted molar refractivity (Wildman–Crippen MR) is 73.6 cm³/mol. The highest BCUT2D eigenvalue weighted by Crippen LogP contribution is 2.07. The number of carbonyl (C=O) groups excluding carboxylic acids is 2. The summed E-state index contributed by atoms with van der Waals surface area (Å²) in [4.78, 5) is 25.1. The Bertz CT molecular complexity index is 431. The van der Waals surface area contributed by atoms with Crippen molar-refractivity contribution in [3.63, 3.8) is 0 Å². The quantitative estimate of drug-likeness (QED) is 0.888. The summed E-state index contributed by atoms with van der Waals surface area (Å²) in [5.41, 5.74) is 1.25. The van der Waals surface area contributed by atoms with Crippen LogP contribution in [0.25, 0.3) is 0 Å². The lowest BCUT2D eigenvalue weighted by atomic mass is 10.1. The SMILES string of the molecule is O=C1CN(C(=O)CCCc2ccccc2)CCCN1. The van der Waals surface area contributed by atoms with E-state index in [9.17, 15) is 9.59 Å². The van der Waals surface area contributed by atoms with Crippen LogP contribution in [0, 0.1) is 0 Å². The molecule has 4 nitrogen and oxygen atoms in total. The van der Waals surface area contributed by atoms with E-state index < -0.39 is 0 Å². The minimum atomic E-state index is -0.0473. The Labute approximate surface area is 113 Å². The Kier molecular flexibility index (Phi) is 4.95. The van der Waals surface area contributed by atoms with E-state index in [0.717, 1.165) is 19.3 Å². The number of hydrogen-bond acceptors (Lipinski definition) is 2. The number of amides is 2. The highest BCUT2D eigenvalue weighted by atomic mass is 16.2. The molecule has 1 aromatic carbocycles. The van der Waals surface area contributed by atoms with Crippen LogP contribution in [-0.2, 0) is 16.0 Å². The van der Waals surface area contributed by atoms with Crippen LogP contribution >= 0.6 is 0 Å². The highest BCUT2D eigenvalue weighted by Gasteiger charge is 2.18. The predicted octanol–water partition coefficient (Wildman–Crippen LogP) is 1.36. The number of rotatable bonds is 4. The monoisotopic (exact) mass is 260 g/mol. The summed E-state index contributed by atoms with van der Waals surface area (Å²) in [5.74, 6) is 0.0434. The van der Waals surface area contributed by atoms with Crippen LogP contribution in [-0.4, -0.2) is 36.3 Å². The lowest BCUT2D eigenvalue weighted by molar-refractivity contribution is -0.135. The number of nitrogens with one attached hydrogen (secondary N) is 1. The van der Waals surface area contributed by atoms with Crippen molar-refractivity contribution in [2.45, 2.75) is 25.7 Å². The Morgan fingerprint density at radius 2 is 2.05 bits per heavy atom. The van der Waals surface area contributed by atoms with Gasteiger partial charge in [-0.3, -0.25) is 9.59 Å². The number of benzene rings is 1. The zero-order chi connectivity index (χ0) is 13.5. The van der Waals surface area contributed by atoms with Gasteiger partial charge in [0.1, 0.15) is 0 Å². The molecule has 19 heavy (non-hydrogen) atoms. The van der Waals surface area contributed by atoms with Crippen molar-refractivity contribution >= 4 is 11.8 Å². The van der Waals surface area contributed by atoms with E-state index in [2.05, 4.69) is 17.4 Å². The summed E-state index contributed by atoms with van der Waals surface area (Å²) >= 11 is 0. The van der Waals surface area contributed by atoms with Crippen LogP contribution in [0.2, 0.25) is 0 Å². The third-order valence-electron chi connectivity index (χ3n) is 3.31. The lowest BCUT2D eigenvalue weighted by Gasteiger charge is -2.18. The molecule has 2 rings (SSSR count). The molecule has 2 amide bonds. The molecule has 0 radical (unpaired) electrons. The maximum atomic E-state index is 12.0. The van der Waals surface area contributed by atoms with Crippen LogP contribution in [0.3, 0.4) is 0 Å². The normalized spacial score (nSPS) is 15.8. The summed E-state index contributed by atoms with van der Waals surface area (Å²) in [5, 5.41) is 2.78. The summed E-state index contributed by atoms with van der Waals surface area (Å²) in [6, 6.07) is 10.2. The third-order valence-corrected chi connectivity index (χ3v) is 3.31. The van der Waals surface area contributed by atoms with Crippen LogP contribution in [0.5, 0.6) is 0 Å². The summed E-state index contributed by atoms with van der Waals surface area (Å²) in [6.07, 6.45) is 3.10. The molecule has 0 aliphatic carbocycles. The minimum Gasteiger partial charge on any atom is -0.354 e. The second-order valence-electron chi connectivity index (χ2n) is 4.86. The number of hydrogen-bond donors (Lipinski definition) is 1. The van der Waals surface area contributed by atoms with Crippen molar-refractivity contribution in [1.82, 2.24) is 10.2 Å². The maximum absolute atomic E-state index is 12.0. The van der Waals surface area contributed by atoms with Crippen molar-refractivity contribution in [2.24, 2.45) is 0 Å². The Balaban J connectivity index is 1.76. The van der Waals surface area contributed by atoms with Crippen LogP contribution < -0.4 is 5.32 Å². The lowest BCUT2D eigenvalue weighted by Crippen LogP contribution is -2.37. The van der Waals surface area contributed by atoms with Gasteiger partial charge in [0.15, 0.2) is 0 Å². The van der Waals surface area contributed by atoms with Crippen molar-refractivity contribution in [1.29, 1.82) is 0 Å². The average molecular weight is 260 g/mol. The molecule has 1 aliphatic heterocycles. The van der Waals surface area contributed by atoms with Gasteiger partial charge in [-0.05, 0) is 24.8 Å². The third kappa shape index (κ3) is 4.39. The fourth-order valence-corrected chi connectivity index (χ4v) is 2.27. The molecule has 1 aromatic rings. The fraction of sp³-hybridized carbons (Fsp3) is 0.467. The smallest absolute Gasteiger partial charge is 0.239 e. The maximum Gasteiger partial charge on any atom is 0.239 e. The van der Waals surface area contributed by atoms with E-state index in [1.54, 1.807) is 4.90 Å². The molecule has 0 aromatic heterocycles. The van der Waals surface area contributed by atoms with Gasteiger partial charge in [0.05, 0.1) is 6.54 Å². The van der Waals surface area contributed by atoms with Gasteiger partial charge in [0, 0.05) is 19.5 Å². The molecule has 1 N–H and O–H groups in total. The number of aryl methyl sites for hydroxylation is 1. The van der Waals surface area contributed by atoms with Gasteiger partial charge < -0.3 is 10.2 Å². The van der Waals surface area contributed by atoms with E-state index in [4.69, 9.17) is 0 Å². The van der Waals surface area contributed by atoms with E-state index in [0.29, 0.717) is 19.5 Å². The van der Waals surface area contributed by atoms with Crippen molar-refractivity contribution in [3.8, 4) is 0 Å². The van der Waals surface area contributed by atoms with Crippen LogP contribution in [0.15, 0.2) is 30.3 Å². The van der Waals surface area contributed by atoms with Gasteiger partial charge in [-0.15, -0.1) is 0 Å². The molecule has 0 spiro atoms. The van der Waals surface area contributed by atoms with E-state index >= 15 is 0 Å². The first-order chi connectivity index (χ1) is 9.25. The summed E-state index contributed by atoms with van der Waals surface area (Å²) in [6.45, 7) is 1.57. The van der Waals surface area contributed by atoms with E-state index in [1.807, 2.05) is 18.2 Å². The van der Waals surface area contributed by atoms with Crippen molar-refractivity contribution in [2.75, 3.05) is 19.6 Å². The fourth-order valence-electron chi connectivity index (χ4n) is 2.27. The first-order valence-electron chi connectivity index (χ1n) is 6.84. The Morgan fingerprint density at radius 3 is 2.84 bits per heavy atom. The van der Waals surface area contributed by atoms with E-state index in [-0.39, 0.29) is 18.4 Å². The van der Waals surface area contributed by atoms with Gasteiger partial charge >= 0.3 is 0 Å². The molecule has 1 heterocycles. The topological polar surface area (TPSA) is 49.4 Å². The molecule has 0 bridgehead atoms. The molecular weight excluding hydrogens is 240 g/mol. The van der Waals surface area contributed by atoms with Crippen LogP contribution in [0.4, 0.5) is 0 Å². The molecule has 1 fully saturated rings. The second kappa shape index (κ2) is 6.92. The summed E-state index contributed by atoms with van der Waals surface area (Å²) in [7, 11) is 0. The van der Waals surface area contributed by atoms with Crippen molar-refractivity contribution < 1.29 is 9.59 Å². The summed E-state index contributed by atoms with van der Waals surface area (Å²) < 4.78 is 0. The number of nitrogens with zero attached hydrogens (tertiary/aromatic N) is 1. The Morgan fingerprint density at radius 1 is 1.26 bits per heavy atom. The van der Waals surface area contributed by atoms with Crippen LogP contribution in [0.1, 0.15) is 24.8 Å². The van der Waals surface area contributed by atoms with Gasteiger partial charge in [-0.25, -0.2) is 0 Å². The molecule has 1 aliphatic rings. The molecule has 0 saturated carbocycles.